The van der Waals surface area contributed by atoms with Crippen LogP contribution in [0.5, 0.6) is 17.2 Å². The highest BCUT2D eigenvalue weighted by Crippen LogP contribution is 2.32. The minimum atomic E-state index is -0.481. The summed E-state index contributed by atoms with van der Waals surface area (Å²) in [6, 6.07) is 12.1. The van der Waals surface area contributed by atoms with E-state index in [4.69, 9.17) is 14.2 Å². The van der Waals surface area contributed by atoms with E-state index < -0.39 is 6.03 Å². The maximum Gasteiger partial charge on any atom is 0.325 e. The minimum Gasteiger partial charge on any atom is -0.495 e. The third-order valence-corrected chi connectivity index (χ3v) is 5.54. The van der Waals surface area contributed by atoms with E-state index in [2.05, 4.69) is 20.9 Å². The molecule has 0 saturated carbocycles. The molecule has 160 valence electrons. The van der Waals surface area contributed by atoms with Gasteiger partial charge in [-0.05, 0) is 36.8 Å². The van der Waals surface area contributed by atoms with Gasteiger partial charge in [0.05, 0.1) is 18.5 Å². The zero-order valence-corrected chi connectivity index (χ0v) is 17.7. The van der Waals surface area contributed by atoms with Crippen molar-refractivity contribution in [3.05, 3.63) is 58.6 Å². The molecule has 1 aliphatic heterocycles. The molecule has 1 aliphatic rings. The maximum atomic E-state index is 12.6. The molecule has 3 amide bonds. The number of carbonyl (C=O) groups excluding carboxylic acids is 2. The Bertz CT molecular complexity index is 1130. The van der Waals surface area contributed by atoms with E-state index in [1.165, 1.54) is 7.11 Å². The van der Waals surface area contributed by atoms with Crippen molar-refractivity contribution >= 4 is 34.1 Å². The summed E-state index contributed by atoms with van der Waals surface area (Å²) < 4.78 is 15.9. The molecule has 1 aromatic heterocycles. The monoisotopic (exact) mass is 440 g/mol. The van der Waals surface area contributed by atoms with Crippen molar-refractivity contribution in [1.82, 2.24) is 10.3 Å². The summed E-state index contributed by atoms with van der Waals surface area (Å²) in [6.07, 6.45) is 0. The number of hydrogen-bond acceptors (Lipinski definition) is 7. The molecule has 2 heterocycles. The normalized spacial score (nSPS) is 11.7. The standard InChI is InChI=1S/C21H20N4O5S/c1-12-18(19(26)22-10-13-7-8-16-17(9-13)30-11-29-16)31-21(23-12)25-20(27)24-14-5-3-4-6-15(14)28-2/h3-9H,10-11H2,1-2H3,(H,22,26)(H2,23,24,25,27). The number of urea groups is 1. The number of nitrogens with one attached hydrogen (secondary N) is 3. The van der Waals surface area contributed by atoms with E-state index in [0.29, 0.717) is 45.2 Å². The van der Waals surface area contributed by atoms with Crippen molar-refractivity contribution in [3.63, 3.8) is 0 Å². The van der Waals surface area contributed by atoms with Gasteiger partial charge in [-0.3, -0.25) is 10.1 Å². The first-order valence-corrected chi connectivity index (χ1v) is 10.2. The highest BCUT2D eigenvalue weighted by molar-refractivity contribution is 7.17. The summed E-state index contributed by atoms with van der Waals surface area (Å²) >= 11 is 1.10. The van der Waals surface area contributed by atoms with Gasteiger partial charge < -0.3 is 24.8 Å². The summed E-state index contributed by atoms with van der Waals surface area (Å²) in [5, 5.41) is 8.53. The Morgan fingerprint density at radius 2 is 1.94 bits per heavy atom. The van der Waals surface area contributed by atoms with Gasteiger partial charge in [0, 0.05) is 6.54 Å². The maximum absolute atomic E-state index is 12.6. The van der Waals surface area contributed by atoms with Gasteiger partial charge in [-0.2, -0.15) is 0 Å². The number of aryl methyl sites for hydroxylation is 1. The third-order valence-electron chi connectivity index (χ3n) is 4.47. The van der Waals surface area contributed by atoms with E-state index in [9.17, 15) is 9.59 Å². The number of fused-ring (bicyclic) bond motifs is 1. The third kappa shape index (κ3) is 4.69. The number of aromatic nitrogens is 1. The van der Waals surface area contributed by atoms with Gasteiger partial charge in [-0.25, -0.2) is 9.78 Å². The minimum absolute atomic E-state index is 0.200. The molecule has 31 heavy (non-hydrogen) atoms. The molecular formula is C21H20N4O5S. The zero-order chi connectivity index (χ0) is 21.8. The van der Waals surface area contributed by atoms with Crippen LogP contribution in [0, 0.1) is 6.92 Å². The van der Waals surface area contributed by atoms with E-state index in [-0.39, 0.29) is 12.7 Å². The molecule has 0 unspecified atom stereocenters. The fraction of sp³-hybridized carbons (Fsp3) is 0.190. The van der Waals surface area contributed by atoms with Crippen LogP contribution >= 0.6 is 11.3 Å². The van der Waals surface area contributed by atoms with Gasteiger partial charge in [-0.15, -0.1) is 0 Å². The van der Waals surface area contributed by atoms with Gasteiger partial charge in [0.1, 0.15) is 10.6 Å². The lowest BCUT2D eigenvalue weighted by Gasteiger charge is -2.09. The van der Waals surface area contributed by atoms with Crippen LogP contribution in [-0.2, 0) is 6.54 Å². The number of ether oxygens (including phenoxy) is 3. The lowest BCUT2D eigenvalue weighted by molar-refractivity contribution is 0.0954. The number of amides is 3. The second-order valence-electron chi connectivity index (χ2n) is 6.58. The molecule has 0 bridgehead atoms. The van der Waals surface area contributed by atoms with Gasteiger partial charge in [0.25, 0.3) is 5.91 Å². The van der Waals surface area contributed by atoms with Crippen molar-refractivity contribution in [2.45, 2.75) is 13.5 Å². The van der Waals surface area contributed by atoms with Crippen molar-refractivity contribution in [2.75, 3.05) is 24.5 Å². The zero-order valence-electron chi connectivity index (χ0n) is 16.9. The van der Waals surface area contributed by atoms with Gasteiger partial charge in [0.2, 0.25) is 6.79 Å². The first-order chi connectivity index (χ1) is 15.0. The summed E-state index contributed by atoms with van der Waals surface area (Å²) in [7, 11) is 1.52. The molecule has 0 saturated heterocycles. The first kappa shape index (κ1) is 20.5. The van der Waals surface area contributed by atoms with Crippen molar-refractivity contribution in [1.29, 1.82) is 0 Å². The van der Waals surface area contributed by atoms with Crippen molar-refractivity contribution in [3.8, 4) is 17.2 Å². The number of thiazole rings is 1. The van der Waals surface area contributed by atoms with E-state index in [1.807, 2.05) is 18.2 Å². The molecule has 2 aromatic carbocycles. The number of rotatable bonds is 6. The number of benzene rings is 2. The number of anilines is 2. The van der Waals surface area contributed by atoms with E-state index in [0.717, 1.165) is 16.9 Å². The fourth-order valence-electron chi connectivity index (χ4n) is 2.97. The average molecular weight is 440 g/mol. The average Bonchev–Trinajstić information content (AvgIpc) is 3.38. The summed E-state index contributed by atoms with van der Waals surface area (Å²) in [5.41, 5.74) is 1.94. The highest BCUT2D eigenvalue weighted by Gasteiger charge is 2.18. The van der Waals surface area contributed by atoms with Crippen LogP contribution in [0.15, 0.2) is 42.5 Å². The Hall–Kier alpha value is -3.79. The quantitative estimate of drug-likeness (QED) is 0.538. The van der Waals surface area contributed by atoms with Crippen molar-refractivity contribution in [2.24, 2.45) is 0 Å². The van der Waals surface area contributed by atoms with E-state index >= 15 is 0 Å². The molecule has 0 spiro atoms. The molecule has 0 fully saturated rings. The summed E-state index contributed by atoms with van der Waals surface area (Å²) in [4.78, 5) is 29.6. The molecule has 4 rings (SSSR count). The Labute approximate surface area is 182 Å². The van der Waals surface area contributed by atoms with Crippen LogP contribution in [0.1, 0.15) is 20.9 Å². The molecule has 0 atom stereocenters. The molecular weight excluding hydrogens is 420 g/mol. The number of carbonyl (C=O) groups is 2. The predicted octanol–water partition coefficient (Wildman–Crippen LogP) is 3.76. The molecule has 10 heteroatoms. The van der Waals surface area contributed by atoms with Crippen LogP contribution in [0.4, 0.5) is 15.6 Å². The fourth-order valence-corrected chi connectivity index (χ4v) is 3.85. The topological polar surface area (TPSA) is 111 Å². The first-order valence-electron chi connectivity index (χ1n) is 9.38. The number of hydrogen-bond donors (Lipinski definition) is 3. The molecule has 0 aliphatic carbocycles. The van der Waals surface area contributed by atoms with Crippen LogP contribution in [-0.4, -0.2) is 30.8 Å². The molecule has 3 N–H and O–H groups in total. The van der Waals surface area contributed by atoms with Gasteiger partial charge in [-0.1, -0.05) is 29.5 Å². The lowest BCUT2D eigenvalue weighted by Crippen LogP contribution is -2.22. The molecule has 0 radical (unpaired) electrons. The molecule has 9 nitrogen and oxygen atoms in total. The largest absolute Gasteiger partial charge is 0.495 e. The van der Waals surface area contributed by atoms with Crippen molar-refractivity contribution < 1.29 is 23.8 Å². The summed E-state index contributed by atoms with van der Waals surface area (Å²) in [6.45, 7) is 2.24. The van der Waals surface area contributed by atoms with Gasteiger partial charge >= 0.3 is 6.03 Å². The number of para-hydroxylation sites is 2. The number of nitrogens with zero attached hydrogens (tertiary/aromatic N) is 1. The summed E-state index contributed by atoms with van der Waals surface area (Å²) in [5.74, 6) is 1.62. The van der Waals surface area contributed by atoms with Crippen LogP contribution < -0.4 is 30.2 Å². The SMILES string of the molecule is COc1ccccc1NC(=O)Nc1nc(C)c(C(=O)NCc2ccc3c(c2)OCO3)s1. The van der Waals surface area contributed by atoms with E-state index in [1.54, 1.807) is 31.2 Å². The van der Waals surface area contributed by atoms with Gasteiger partial charge in [0.15, 0.2) is 16.6 Å². The van der Waals surface area contributed by atoms with Crippen LogP contribution in [0.3, 0.4) is 0 Å². The smallest absolute Gasteiger partial charge is 0.325 e. The lowest BCUT2D eigenvalue weighted by atomic mass is 10.2. The highest BCUT2D eigenvalue weighted by atomic mass is 32.1. The Balaban J connectivity index is 1.36. The Kier molecular flexibility index (Phi) is 5.89. The Morgan fingerprint density at radius 1 is 1.13 bits per heavy atom. The molecule has 3 aromatic rings. The second-order valence-corrected chi connectivity index (χ2v) is 7.58. The Morgan fingerprint density at radius 3 is 2.77 bits per heavy atom. The van der Waals surface area contributed by atoms with Crippen LogP contribution in [0.2, 0.25) is 0 Å². The second kappa shape index (κ2) is 8.92. The predicted molar refractivity (Wildman–Crippen MR) is 116 cm³/mol. The van der Waals surface area contributed by atoms with Crippen LogP contribution in [0.25, 0.3) is 0 Å². The number of methoxy groups -OCH3 is 1.